The summed E-state index contributed by atoms with van der Waals surface area (Å²) in [6.07, 6.45) is 0. The molecule has 4 rings (SSSR count). The second kappa shape index (κ2) is 10.0. The van der Waals surface area contributed by atoms with E-state index in [1.165, 1.54) is 5.56 Å². The lowest BCUT2D eigenvalue weighted by molar-refractivity contribution is -0.121. The first-order valence-electron chi connectivity index (χ1n) is 10.4. The van der Waals surface area contributed by atoms with Gasteiger partial charge in [0.05, 0.1) is 0 Å². The van der Waals surface area contributed by atoms with Crippen LogP contribution in [0.3, 0.4) is 0 Å². The molecule has 0 spiro atoms. The predicted octanol–water partition coefficient (Wildman–Crippen LogP) is 6.16. The number of amides is 1. The number of thiocarbonyl (C=S) groups is 1. The predicted molar refractivity (Wildman–Crippen MR) is 135 cm³/mol. The maximum atomic E-state index is 12.1. The lowest BCUT2D eigenvalue weighted by atomic mass is 10.0. The highest BCUT2D eigenvalue weighted by molar-refractivity contribution is 7.80. The van der Waals surface area contributed by atoms with Crippen LogP contribution >= 0.6 is 23.8 Å². The summed E-state index contributed by atoms with van der Waals surface area (Å²) in [6.45, 7) is 4.11. The van der Waals surface area contributed by atoms with Gasteiger partial charge in [-0.2, -0.15) is 0 Å². The lowest BCUT2D eigenvalue weighted by Crippen LogP contribution is -2.37. The topological polar surface area (TPSA) is 76.4 Å². The van der Waals surface area contributed by atoms with Crippen molar-refractivity contribution >= 4 is 51.6 Å². The Morgan fingerprint density at radius 3 is 2.67 bits per heavy atom. The molecule has 4 aromatic rings. The Kier molecular flexibility index (Phi) is 6.91. The Balaban J connectivity index is 1.38. The molecule has 0 bridgehead atoms. The van der Waals surface area contributed by atoms with Crippen LogP contribution in [-0.4, -0.2) is 22.6 Å². The van der Waals surface area contributed by atoms with Crippen molar-refractivity contribution in [2.45, 2.75) is 19.8 Å². The Labute approximate surface area is 201 Å². The molecule has 1 aromatic heterocycles. The number of anilines is 1. The number of nitrogens with one attached hydrogen (secondary N) is 2. The maximum Gasteiger partial charge on any atom is 0.264 e. The van der Waals surface area contributed by atoms with Crippen LogP contribution in [0.25, 0.3) is 22.6 Å². The van der Waals surface area contributed by atoms with Crippen LogP contribution < -0.4 is 15.4 Å². The molecule has 0 aliphatic carbocycles. The van der Waals surface area contributed by atoms with Crippen molar-refractivity contribution in [3.8, 4) is 17.2 Å². The molecule has 0 saturated heterocycles. The number of carbonyl (C=O) groups is 1. The monoisotopic (exact) mass is 479 g/mol. The van der Waals surface area contributed by atoms with Gasteiger partial charge in [0.15, 0.2) is 17.3 Å². The van der Waals surface area contributed by atoms with E-state index >= 15 is 0 Å². The summed E-state index contributed by atoms with van der Waals surface area (Å²) in [7, 11) is 0. The van der Waals surface area contributed by atoms with Gasteiger partial charge in [0.1, 0.15) is 11.3 Å². The van der Waals surface area contributed by atoms with Crippen LogP contribution in [-0.2, 0) is 4.79 Å². The lowest BCUT2D eigenvalue weighted by Gasteiger charge is -2.11. The quantitative estimate of drug-likeness (QED) is 0.322. The van der Waals surface area contributed by atoms with Gasteiger partial charge in [0.2, 0.25) is 5.89 Å². The normalized spacial score (nSPS) is 10.9. The van der Waals surface area contributed by atoms with Crippen molar-refractivity contribution < 1.29 is 13.9 Å². The van der Waals surface area contributed by atoms with E-state index in [1.54, 1.807) is 24.3 Å². The second-order valence-electron chi connectivity index (χ2n) is 7.73. The van der Waals surface area contributed by atoms with Crippen molar-refractivity contribution in [1.29, 1.82) is 0 Å². The molecule has 0 aliphatic heterocycles. The van der Waals surface area contributed by atoms with Crippen LogP contribution in [0.4, 0.5) is 5.69 Å². The van der Waals surface area contributed by atoms with Gasteiger partial charge in [-0.25, -0.2) is 4.98 Å². The molecule has 33 heavy (non-hydrogen) atoms. The van der Waals surface area contributed by atoms with Gasteiger partial charge in [-0.1, -0.05) is 37.6 Å². The fourth-order valence-corrected chi connectivity index (χ4v) is 3.52. The molecule has 8 heteroatoms. The van der Waals surface area contributed by atoms with Crippen LogP contribution in [0.15, 0.2) is 71.1 Å². The van der Waals surface area contributed by atoms with Crippen molar-refractivity contribution in [3.05, 3.63) is 77.3 Å². The Hall–Kier alpha value is -3.42. The average molecular weight is 480 g/mol. The van der Waals surface area contributed by atoms with Gasteiger partial charge in [-0.3, -0.25) is 10.1 Å². The molecule has 1 amide bonds. The van der Waals surface area contributed by atoms with Crippen LogP contribution in [0.1, 0.15) is 25.3 Å². The minimum atomic E-state index is -0.376. The molecule has 168 valence electrons. The number of aromatic nitrogens is 1. The highest BCUT2D eigenvalue weighted by Gasteiger charge is 2.12. The number of halogens is 1. The zero-order valence-electron chi connectivity index (χ0n) is 18.1. The maximum absolute atomic E-state index is 12.1. The van der Waals surface area contributed by atoms with Gasteiger partial charge in [-0.05, 0) is 78.3 Å². The van der Waals surface area contributed by atoms with Gasteiger partial charge in [0, 0.05) is 16.3 Å². The first-order valence-corrected chi connectivity index (χ1v) is 11.2. The van der Waals surface area contributed by atoms with E-state index in [1.807, 2.05) is 36.4 Å². The molecule has 1 heterocycles. The number of rotatable bonds is 6. The molecular weight excluding hydrogens is 458 g/mol. The van der Waals surface area contributed by atoms with E-state index in [0.717, 1.165) is 16.7 Å². The summed E-state index contributed by atoms with van der Waals surface area (Å²) in [6, 6.07) is 20.3. The second-order valence-corrected chi connectivity index (χ2v) is 8.57. The zero-order valence-corrected chi connectivity index (χ0v) is 19.7. The SMILES string of the molecule is CC(C)c1ccc2oc(-c3cccc(NC(=S)NC(=O)COc4ccc(Cl)cc4)c3)nc2c1. The third kappa shape index (κ3) is 5.88. The third-order valence-corrected chi connectivity index (χ3v) is 5.34. The molecule has 0 aliphatic rings. The number of benzene rings is 3. The molecule has 2 N–H and O–H groups in total. The molecular formula is C25H22ClN3O3S. The Morgan fingerprint density at radius 2 is 1.91 bits per heavy atom. The smallest absolute Gasteiger partial charge is 0.264 e. The first-order chi connectivity index (χ1) is 15.9. The van der Waals surface area contributed by atoms with Gasteiger partial charge in [0.25, 0.3) is 5.91 Å². The molecule has 6 nitrogen and oxygen atoms in total. The van der Waals surface area contributed by atoms with E-state index in [4.69, 9.17) is 33.0 Å². The molecule has 0 atom stereocenters. The van der Waals surface area contributed by atoms with E-state index in [0.29, 0.717) is 28.3 Å². The minimum Gasteiger partial charge on any atom is -0.484 e. The number of ether oxygens (including phenoxy) is 1. The van der Waals surface area contributed by atoms with Crippen molar-refractivity contribution in [1.82, 2.24) is 10.3 Å². The Bertz CT molecular complexity index is 1300. The molecule has 0 unspecified atom stereocenters. The third-order valence-electron chi connectivity index (χ3n) is 4.88. The van der Waals surface area contributed by atoms with E-state index < -0.39 is 0 Å². The summed E-state index contributed by atoms with van der Waals surface area (Å²) >= 11 is 11.1. The first kappa shape index (κ1) is 22.8. The van der Waals surface area contributed by atoms with Crippen molar-refractivity contribution in [3.63, 3.8) is 0 Å². The van der Waals surface area contributed by atoms with E-state index in [9.17, 15) is 4.79 Å². The molecule has 0 fully saturated rings. The van der Waals surface area contributed by atoms with Gasteiger partial charge in [-0.15, -0.1) is 0 Å². The number of hydrogen-bond acceptors (Lipinski definition) is 5. The van der Waals surface area contributed by atoms with E-state index in [2.05, 4.69) is 35.5 Å². The van der Waals surface area contributed by atoms with Crippen molar-refractivity contribution in [2.75, 3.05) is 11.9 Å². The highest BCUT2D eigenvalue weighted by Crippen LogP contribution is 2.28. The van der Waals surface area contributed by atoms with Gasteiger partial charge >= 0.3 is 0 Å². The molecule has 0 saturated carbocycles. The number of oxazole rings is 1. The standard InChI is InChI=1S/C25H22ClN3O3S/c1-15(2)16-6-11-22-21(13-16)28-24(32-22)17-4-3-5-19(12-17)27-25(33)29-23(30)14-31-20-9-7-18(26)8-10-20/h3-13,15H,14H2,1-2H3,(H2,27,29,30,33). The van der Waals surface area contributed by atoms with Gasteiger partial charge < -0.3 is 14.5 Å². The van der Waals surface area contributed by atoms with E-state index in [-0.39, 0.29) is 17.6 Å². The average Bonchev–Trinajstić information content (AvgIpc) is 3.22. The number of fused-ring (bicyclic) bond motifs is 1. The fourth-order valence-electron chi connectivity index (χ4n) is 3.16. The summed E-state index contributed by atoms with van der Waals surface area (Å²) in [5.41, 5.74) is 4.25. The number of nitrogens with zero attached hydrogens (tertiary/aromatic N) is 1. The molecule has 3 aromatic carbocycles. The van der Waals surface area contributed by atoms with Crippen molar-refractivity contribution in [2.24, 2.45) is 0 Å². The summed E-state index contributed by atoms with van der Waals surface area (Å²) in [5.74, 6) is 1.09. The summed E-state index contributed by atoms with van der Waals surface area (Å²) in [5, 5.41) is 6.36. The van der Waals surface area contributed by atoms with Crippen LogP contribution in [0.2, 0.25) is 5.02 Å². The summed E-state index contributed by atoms with van der Waals surface area (Å²) < 4.78 is 11.4. The number of hydrogen-bond donors (Lipinski definition) is 2. The highest BCUT2D eigenvalue weighted by atomic mass is 35.5. The fraction of sp³-hybridized carbons (Fsp3) is 0.160. The Morgan fingerprint density at radius 1 is 1.12 bits per heavy atom. The van der Waals surface area contributed by atoms with Crippen LogP contribution in [0.5, 0.6) is 5.75 Å². The molecule has 0 radical (unpaired) electrons. The number of carbonyl (C=O) groups excluding carboxylic acids is 1. The van der Waals surface area contributed by atoms with Crippen LogP contribution in [0, 0.1) is 0 Å². The largest absolute Gasteiger partial charge is 0.484 e. The zero-order chi connectivity index (χ0) is 23.4. The minimum absolute atomic E-state index is 0.163. The summed E-state index contributed by atoms with van der Waals surface area (Å²) in [4.78, 5) is 16.8.